The van der Waals surface area contributed by atoms with E-state index < -0.39 is 25.4 Å². The molecule has 7 heteroatoms. The number of benzene rings is 5. The summed E-state index contributed by atoms with van der Waals surface area (Å²) in [5.74, 6) is -0.511. The Morgan fingerprint density at radius 2 is 0.884 bits per heavy atom. The molecule has 5 aromatic carbocycles. The molecule has 0 saturated carbocycles. The summed E-state index contributed by atoms with van der Waals surface area (Å²) in [4.78, 5) is 27.0. The van der Waals surface area contributed by atoms with E-state index in [1.54, 1.807) is 0 Å². The van der Waals surface area contributed by atoms with E-state index in [-0.39, 0.29) is 37.2 Å². The van der Waals surface area contributed by atoms with Gasteiger partial charge in [-0.1, -0.05) is 115 Å². The number of halogens is 1. The van der Waals surface area contributed by atoms with Crippen LogP contribution in [0.4, 0.5) is 4.79 Å². The number of alkyl carbamates (subject to hydrolysis) is 1. The Labute approximate surface area is 270 Å². The van der Waals surface area contributed by atoms with Gasteiger partial charge in [-0.2, -0.15) is 0 Å². The molecular weight excluding hydrogens is 668 g/mol. The fourth-order valence-corrected chi connectivity index (χ4v) is 9.36. The fourth-order valence-electron chi connectivity index (χ4n) is 5.00. The normalized spacial score (nSPS) is 11.4. The summed E-state index contributed by atoms with van der Waals surface area (Å²) >= 11 is 0. The van der Waals surface area contributed by atoms with Crippen molar-refractivity contribution in [2.24, 2.45) is 0 Å². The van der Waals surface area contributed by atoms with Gasteiger partial charge in [0, 0.05) is 0 Å². The summed E-state index contributed by atoms with van der Waals surface area (Å²) < 4.78 is 11.4. The summed E-state index contributed by atoms with van der Waals surface area (Å²) in [6, 6.07) is 48.7. The molecule has 5 aromatic rings. The molecule has 0 saturated heterocycles. The van der Waals surface area contributed by atoms with Crippen LogP contribution in [0.5, 0.6) is 0 Å². The van der Waals surface area contributed by atoms with E-state index in [1.807, 2.05) is 115 Å². The van der Waals surface area contributed by atoms with E-state index in [9.17, 15) is 9.59 Å². The van der Waals surface area contributed by atoms with Gasteiger partial charge in [0.05, 0.1) is 0 Å². The molecule has 5 rings (SSSR count). The molecule has 43 heavy (non-hydrogen) atoms. The SMILES string of the molecule is O=C(N[C@@H](C[P+](c1ccccc1)(c1ccccc1)c1ccccc1)C(=O)OCc1ccccc1)OCc1ccccc1.[I-]. The second-order valence-corrected chi connectivity index (χ2v) is 13.4. The zero-order valence-corrected chi connectivity index (χ0v) is 26.6. The topological polar surface area (TPSA) is 64.6 Å². The third kappa shape index (κ3) is 8.31. The van der Waals surface area contributed by atoms with E-state index in [4.69, 9.17) is 9.47 Å². The van der Waals surface area contributed by atoms with Crippen LogP contribution in [0.2, 0.25) is 0 Å². The highest BCUT2D eigenvalue weighted by atomic mass is 127. The molecule has 5 nitrogen and oxygen atoms in total. The van der Waals surface area contributed by atoms with Crippen molar-refractivity contribution in [1.82, 2.24) is 5.32 Å². The number of amides is 1. The standard InChI is InChI=1S/C36H32NO4P.HI/c38-35(40-26-29-16-6-1-7-17-29)34(37-36(39)41-27-30-18-8-2-9-19-30)28-42(31-20-10-3-11-21-31,32-22-12-4-13-23-32)33-24-14-5-15-25-33;/h1-25,34H,26-28H2;1H/t34-;/m0./s1. The van der Waals surface area contributed by atoms with E-state index in [0.29, 0.717) is 6.16 Å². The molecule has 0 bridgehead atoms. The van der Waals surface area contributed by atoms with Gasteiger partial charge in [-0.25, -0.2) is 9.59 Å². The Kier molecular flexibility index (Phi) is 11.9. The lowest BCUT2D eigenvalue weighted by Crippen LogP contribution is -3.00. The largest absolute Gasteiger partial charge is 1.00 e. The Bertz CT molecular complexity index is 1460. The molecule has 0 heterocycles. The maximum absolute atomic E-state index is 13.8. The first-order valence-corrected chi connectivity index (χ1v) is 15.9. The predicted octanol–water partition coefficient (Wildman–Crippen LogP) is 3.02. The third-order valence-corrected chi connectivity index (χ3v) is 11.5. The Morgan fingerprint density at radius 3 is 1.28 bits per heavy atom. The summed E-state index contributed by atoms with van der Waals surface area (Å²) in [6.45, 7) is 0.194. The molecule has 0 fully saturated rings. The minimum atomic E-state index is -2.46. The van der Waals surface area contributed by atoms with Crippen molar-refractivity contribution in [3.63, 3.8) is 0 Å². The molecule has 0 aromatic heterocycles. The van der Waals surface area contributed by atoms with Crippen LogP contribution in [0.1, 0.15) is 11.1 Å². The highest BCUT2D eigenvalue weighted by Crippen LogP contribution is 2.55. The van der Waals surface area contributed by atoms with Gasteiger partial charge in [-0.3, -0.25) is 0 Å². The van der Waals surface area contributed by atoms with Gasteiger partial charge in [-0.15, -0.1) is 0 Å². The molecule has 1 N–H and O–H groups in total. The summed E-state index contributed by atoms with van der Waals surface area (Å²) in [6.07, 6.45) is -0.355. The number of esters is 1. The molecular formula is C36H33INO4P. The summed E-state index contributed by atoms with van der Waals surface area (Å²) in [5, 5.41) is 6.18. The van der Waals surface area contributed by atoms with Crippen molar-refractivity contribution >= 4 is 35.2 Å². The zero-order valence-electron chi connectivity index (χ0n) is 23.6. The van der Waals surface area contributed by atoms with Crippen molar-refractivity contribution in [3.8, 4) is 0 Å². The van der Waals surface area contributed by atoms with Crippen molar-refractivity contribution in [2.45, 2.75) is 19.3 Å². The van der Waals surface area contributed by atoms with Crippen LogP contribution in [-0.4, -0.2) is 24.3 Å². The van der Waals surface area contributed by atoms with E-state index in [2.05, 4.69) is 41.7 Å². The average molecular weight is 702 g/mol. The lowest BCUT2D eigenvalue weighted by Gasteiger charge is -2.30. The lowest BCUT2D eigenvalue weighted by molar-refractivity contribution is -0.146. The van der Waals surface area contributed by atoms with Crippen LogP contribution < -0.4 is 45.2 Å². The zero-order chi connectivity index (χ0) is 29.0. The highest BCUT2D eigenvalue weighted by molar-refractivity contribution is 7.95. The van der Waals surface area contributed by atoms with Gasteiger partial charge >= 0.3 is 12.1 Å². The van der Waals surface area contributed by atoms with Crippen molar-refractivity contribution in [2.75, 3.05) is 6.16 Å². The molecule has 0 aliphatic carbocycles. The Hall–Kier alpha value is -4.00. The molecule has 0 radical (unpaired) electrons. The maximum Gasteiger partial charge on any atom is 0.408 e. The van der Waals surface area contributed by atoms with Gasteiger partial charge in [0.2, 0.25) is 0 Å². The second-order valence-electron chi connectivity index (χ2n) is 9.85. The number of nitrogens with one attached hydrogen (secondary N) is 1. The van der Waals surface area contributed by atoms with Crippen LogP contribution in [0.25, 0.3) is 0 Å². The van der Waals surface area contributed by atoms with Gasteiger partial charge < -0.3 is 38.8 Å². The fraction of sp³-hybridized carbons (Fsp3) is 0.111. The highest BCUT2D eigenvalue weighted by Gasteiger charge is 2.49. The van der Waals surface area contributed by atoms with Crippen LogP contribution in [0.3, 0.4) is 0 Å². The monoisotopic (exact) mass is 701 g/mol. The first kappa shape index (κ1) is 31.9. The van der Waals surface area contributed by atoms with Crippen molar-refractivity contribution in [1.29, 1.82) is 0 Å². The molecule has 0 unspecified atom stereocenters. The smallest absolute Gasteiger partial charge is 0.408 e. The first-order chi connectivity index (χ1) is 20.6. The number of hydrogen-bond acceptors (Lipinski definition) is 4. The quantitative estimate of drug-likeness (QED) is 0.131. The average Bonchev–Trinajstić information content (AvgIpc) is 3.07. The van der Waals surface area contributed by atoms with Gasteiger partial charge in [-0.05, 0) is 47.5 Å². The summed E-state index contributed by atoms with van der Waals surface area (Å²) in [5.41, 5.74) is 1.72. The maximum atomic E-state index is 13.8. The van der Waals surface area contributed by atoms with Gasteiger partial charge in [0.25, 0.3) is 0 Å². The molecule has 0 aliphatic heterocycles. The number of rotatable bonds is 11. The van der Waals surface area contributed by atoms with Crippen molar-refractivity contribution < 1.29 is 43.0 Å². The van der Waals surface area contributed by atoms with Crippen LogP contribution in [-0.2, 0) is 27.5 Å². The molecule has 218 valence electrons. The van der Waals surface area contributed by atoms with Gasteiger partial charge in [0.1, 0.15) is 42.6 Å². The Balaban J connectivity index is 0.00000423. The molecule has 0 spiro atoms. The summed E-state index contributed by atoms with van der Waals surface area (Å²) in [7, 11) is -2.46. The minimum Gasteiger partial charge on any atom is -1.00 e. The van der Waals surface area contributed by atoms with Gasteiger partial charge in [0.15, 0.2) is 6.04 Å². The Morgan fingerprint density at radius 1 is 0.535 bits per heavy atom. The number of carbonyl (C=O) groups excluding carboxylic acids is 2. The minimum absolute atomic E-state index is 0. The van der Waals surface area contributed by atoms with E-state index >= 15 is 0 Å². The number of hydrogen-bond donors (Lipinski definition) is 1. The molecule has 0 aliphatic rings. The van der Waals surface area contributed by atoms with Crippen LogP contribution in [0.15, 0.2) is 152 Å². The third-order valence-electron chi connectivity index (χ3n) is 7.06. The van der Waals surface area contributed by atoms with Crippen molar-refractivity contribution in [3.05, 3.63) is 163 Å². The molecule has 1 atom stereocenters. The predicted molar refractivity (Wildman–Crippen MR) is 170 cm³/mol. The lowest BCUT2D eigenvalue weighted by atomic mass is 10.2. The van der Waals surface area contributed by atoms with E-state index in [1.165, 1.54) is 0 Å². The second kappa shape index (κ2) is 16.0. The first-order valence-electron chi connectivity index (χ1n) is 13.9. The molecule has 1 amide bonds. The number of carbonyl (C=O) groups is 2. The van der Waals surface area contributed by atoms with Crippen LogP contribution >= 0.6 is 7.26 Å². The van der Waals surface area contributed by atoms with Crippen LogP contribution in [0, 0.1) is 0 Å². The number of ether oxygens (including phenoxy) is 2. The van der Waals surface area contributed by atoms with E-state index in [0.717, 1.165) is 27.0 Å².